The maximum atomic E-state index is 13.8. The molecule has 6 nitrogen and oxygen atoms in total. The molecule has 0 aromatic heterocycles. The molecule has 6 rings (SSSR count). The first-order valence-corrected chi connectivity index (χ1v) is 10.6. The third-order valence-electron chi connectivity index (χ3n) is 7.23. The number of benzene rings is 2. The van der Waals surface area contributed by atoms with Crippen LogP contribution in [0.1, 0.15) is 24.0 Å². The number of fused-ring (bicyclic) bond motifs is 7. The summed E-state index contributed by atoms with van der Waals surface area (Å²) in [6.45, 7) is 2.69. The van der Waals surface area contributed by atoms with Crippen molar-refractivity contribution >= 4 is 40.7 Å². The van der Waals surface area contributed by atoms with Crippen molar-refractivity contribution in [1.82, 2.24) is 4.90 Å². The predicted molar refractivity (Wildman–Crippen MR) is 112 cm³/mol. The molecule has 7 heteroatoms. The lowest BCUT2D eigenvalue weighted by Gasteiger charge is -2.36. The van der Waals surface area contributed by atoms with E-state index < -0.39 is 17.4 Å². The van der Waals surface area contributed by atoms with Gasteiger partial charge < -0.3 is 5.32 Å². The molecule has 1 spiro atoms. The molecular weight excluding hydrogens is 402 g/mol. The molecule has 1 N–H and O–H groups in total. The summed E-state index contributed by atoms with van der Waals surface area (Å²) in [5.41, 5.74) is 1.97. The average Bonchev–Trinajstić information content (AvgIpc) is 3.42. The molecule has 152 valence electrons. The topological polar surface area (TPSA) is 69.7 Å². The van der Waals surface area contributed by atoms with E-state index in [1.54, 1.807) is 24.3 Å². The van der Waals surface area contributed by atoms with E-state index in [4.69, 9.17) is 11.6 Å². The fourth-order valence-corrected chi connectivity index (χ4v) is 6.29. The standard InChI is InChI=1S/C23H20ClN3O3/c1-12-4-9-16-15(11-12)23(22(30)25-16)19-18(17-3-2-10-26(17)23)20(28)27(21(19)29)14-7-5-13(24)6-8-14/h4-9,11,17-19H,2-3,10H2,1H3,(H,25,30). The Hall–Kier alpha value is -2.70. The average molecular weight is 422 g/mol. The van der Waals surface area contributed by atoms with Crippen LogP contribution in [0.2, 0.25) is 5.02 Å². The van der Waals surface area contributed by atoms with Gasteiger partial charge in [0.25, 0.3) is 0 Å². The van der Waals surface area contributed by atoms with Crippen molar-refractivity contribution in [2.24, 2.45) is 11.8 Å². The molecule has 4 heterocycles. The molecule has 3 saturated heterocycles. The zero-order valence-electron chi connectivity index (χ0n) is 16.4. The first kappa shape index (κ1) is 18.1. The quantitative estimate of drug-likeness (QED) is 0.718. The van der Waals surface area contributed by atoms with Crippen LogP contribution in [0.5, 0.6) is 0 Å². The van der Waals surface area contributed by atoms with Gasteiger partial charge in [0, 0.05) is 22.3 Å². The number of amides is 3. The van der Waals surface area contributed by atoms with Crippen molar-refractivity contribution in [3.63, 3.8) is 0 Å². The van der Waals surface area contributed by atoms with Gasteiger partial charge in [0.1, 0.15) is 5.54 Å². The molecule has 4 aliphatic rings. The number of nitrogens with zero attached hydrogens (tertiary/aromatic N) is 2. The number of imide groups is 1. The highest BCUT2D eigenvalue weighted by Gasteiger charge is 2.74. The highest BCUT2D eigenvalue weighted by atomic mass is 35.5. The van der Waals surface area contributed by atoms with Crippen LogP contribution in [0.4, 0.5) is 11.4 Å². The van der Waals surface area contributed by atoms with E-state index in [0.717, 1.165) is 29.7 Å². The normalized spacial score (nSPS) is 32.0. The highest BCUT2D eigenvalue weighted by Crippen LogP contribution is 2.60. The van der Waals surface area contributed by atoms with Crippen molar-refractivity contribution in [2.75, 3.05) is 16.8 Å². The zero-order valence-corrected chi connectivity index (χ0v) is 17.1. The first-order chi connectivity index (χ1) is 14.4. The SMILES string of the molecule is Cc1ccc2c(c1)C1(C(=O)N2)C2C(=O)N(c3ccc(Cl)cc3)C(=O)C2C2CCCN21. The van der Waals surface area contributed by atoms with Crippen LogP contribution in [0.25, 0.3) is 0 Å². The van der Waals surface area contributed by atoms with Crippen LogP contribution >= 0.6 is 11.6 Å². The Kier molecular flexibility index (Phi) is 3.58. The van der Waals surface area contributed by atoms with Crippen LogP contribution in [-0.4, -0.2) is 35.2 Å². The Bertz CT molecular complexity index is 1130. The summed E-state index contributed by atoms with van der Waals surface area (Å²) in [5, 5.41) is 3.54. The molecular formula is C23H20ClN3O3. The van der Waals surface area contributed by atoms with Crippen LogP contribution in [0.3, 0.4) is 0 Å². The number of carbonyl (C=O) groups is 3. The number of halogens is 1. The van der Waals surface area contributed by atoms with E-state index in [-0.39, 0.29) is 23.8 Å². The van der Waals surface area contributed by atoms with Crippen molar-refractivity contribution < 1.29 is 14.4 Å². The molecule has 0 radical (unpaired) electrons. The van der Waals surface area contributed by atoms with E-state index in [2.05, 4.69) is 10.2 Å². The van der Waals surface area contributed by atoms with E-state index in [9.17, 15) is 14.4 Å². The fraction of sp³-hybridized carbons (Fsp3) is 0.348. The van der Waals surface area contributed by atoms with Gasteiger partial charge >= 0.3 is 0 Å². The maximum absolute atomic E-state index is 13.8. The van der Waals surface area contributed by atoms with Gasteiger partial charge in [-0.05, 0) is 56.6 Å². The summed E-state index contributed by atoms with van der Waals surface area (Å²) in [7, 11) is 0. The molecule has 0 bridgehead atoms. The van der Waals surface area contributed by atoms with Gasteiger partial charge in [0.05, 0.1) is 17.5 Å². The minimum atomic E-state index is -1.12. The number of hydrogen-bond donors (Lipinski definition) is 1. The second-order valence-electron chi connectivity index (χ2n) is 8.66. The Morgan fingerprint density at radius 3 is 2.60 bits per heavy atom. The lowest BCUT2D eigenvalue weighted by atomic mass is 9.75. The minimum Gasteiger partial charge on any atom is -0.324 e. The molecule has 0 aliphatic carbocycles. The number of carbonyl (C=O) groups excluding carboxylic acids is 3. The number of aryl methyl sites for hydroxylation is 1. The van der Waals surface area contributed by atoms with E-state index >= 15 is 0 Å². The van der Waals surface area contributed by atoms with E-state index in [0.29, 0.717) is 17.3 Å². The molecule has 4 aliphatic heterocycles. The number of hydrogen-bond acceptors (Lipinski definition) is 4. The van der Waals surface area contributed by atoms with Gasteiger partial charge in [0.2, 0.25) is 17.7 Å². The minimum absolute atomic E-state index is 0.110. The van der Waals surface area contributed by atoms with Gasteiger partial charge in [-0.3, -0.25) is 19.3 Å². The third-order valence-corrected chi connectivity index (χ3v) is 7.48. The summed E-state index contributed by atoms with van der Waals surface area (Å²) in [6, 6.07) is 12.4. The number of rotatable bonds is 1. The van der Waals surface area contributed by atoms with E-state index in [1.165, 1.54) is 4.90 Å². The van der Waals surface area contributed by atoms with Crippen molar-refractivity contribution in [3.05, 3.63) is 58.6 Å². The van der Waals surface area contributed by atoms with Crippen molar-refractivity contribution in [2.45, 2.75) is 31.3 Å². The monoisotopic (exact) mass is 421 g/mol. The lowest BCUT2D eigenvalue weighted by molar-refractivity contribution is -0.135. The van der Waals surface area contributed by atoms with Gasteiger partial charge in [0.15, 0.2) is 0 Å². The van der Waals surface area contributed by atoms with Crippen LogP contribution in [0.15, 0.2) is 42.5 Å². The zero-order chi connectivity index (χ0) is 20.8. The molecule has 3 fully saturated rings. The fourth-order valence-electron chi connectivity index (χ4n) is 6.16. The molecule has 4 atom stereocenters. The predicted octanol–water partition coefficient (Wildman–Crippen LogP) is 3.08. The summed E-state index contributed by atoms with van der Waals surface area (Å²) in [4.78, 5) is 44.3. The molecule has 2 aromatic carbocycles. The molecule has 3 amide bonds. The van der Waals surface area contributed by atoms with Crippen molar-refractivity contribution in [3.8, 4) is 0 Å². The highest BCUT2D eigenvalue weighted by molar-refractivity contribution is 6.31. The maximum Gasteiger partial charge on any atom is 0.250 e. The molecule has 2 aromatic rings. The van der Waals surface area contributed by atoms with Crippen LogP contribution in [-0.2, 0) is 19.9 Å². The Morgan fingerprint density at radius 2 is 1.83 bits per heavy atom. The Labute approximate surface area is 178 Å². The summed E-state index contributed by atoms with van der Waals surface area (Å²) >= 11 is 6.00. The smallest absolute Gasteiger partial charge is 0.250 e. The first-order valence-electron chi connectivity index (χ1n) is 10.3. The largest absolute Gasteiger partial charge is 0.324 e. The van der Waals surface area contributed by atoms with E-state index in [1.807, 2.05) is 25.1 Å². The Balaban J connectivity index is 1.56. The summed E-state index contributed by atoms with van der Waals surface area (Å²) in [6.07, 6.45) is 1.72. The van der Waals surface area contributed by atoms with Gasteiger partial charge in [-0.2, -0.15) is 0 Å². The second kappa shape index (κ2) is 5.93. The lowest BCUT2D eigenvalue weighted by Crippen LogP contribution is -2.54. The number of nitrogens with one attached hydrogen (secondary N) is 1. The summed E-state index contributed by atoms with van der Waals surface area (Å²) in [5.74, 6) is -1.95. The number of anilines is 2. The third kappa shape index (κ3) is 2.01. The van der Waals surface area contributed by atoms with Gasteiger partial charge in [-0.15, -0.1) is 0 Å². The van der Waals surface area contributed by atoms with Gasteiger partial charge in [-0.1, -0.05) is 29.3 Å². The molecule has 4 unspecified atom stereocenters. The van der Waals surface area contributed by atoms with Crippen molar-refractivity contribution in [1.29, 1.82) is 0 Å². The second-order valence-corrected chi connectivity index (χ2v) is 9.10. The van der Waals surface area contributed by atoms with Crippen LogP contribution < -0.4 is 10.2 Å². The summed E-state index contributed by atoms with van der Waals surface area (Å²) < 4.78 is 0. The molecule has 0 saturated carbocycles. The van der Waals surface area contributed by atoms with Crippen LogP contribution in [0, 0.1) is 18.8 Å². The Morgan fingerprint density at radius 1 is 1.07 bits per heavy atom. The van der Waals surface area contributed by atoms with Gasteiger partial charge in [-0.25, -0.2) is 4.90 Å². The molecule has 30 heavy (non-hydrogen) atoms.